The molecule has 1 atom stereocenters. The third-order valence-electron chi connectivity index (χ3n) is 3.70. The number of aromatic amines is 1. The number of nitrogens with one attached hydrogen (secondary N) is 1. The van der Waals surface area contributed by atoms with Crippen molar-refractivity contribution in [3.05, 3.63) is 58.4 Å². The maximum atomic E-state index is 13.6. The Kier molecular flexibility index (Phi) is 3.55. The first kappa shape index (κ1) is 14.1. The van der Waals surface area contributed by atoms with Crippen molar-refractivity contribution in [3.8, 4) is 11.9 Å². The van der Waals surface area contributed by atoms with E-state index >= 15 is 0 Å². The Hall–Kier alpha value is -2.81. The van der Waals surface area contributed by atoms with E-state index in [2.05, 4.69) is 16.3 Å². The van der Waals surface area contributed by atoms with Crippen molar-refractivity contribution < 1.29 is 9.13 Å². The summed E-state index contributed by atoms with van der Waals surface area (Å²) >= 11 is 0. The zero-order chi connectivity index (χ0) is 15.7. The van der Waals surface area contributed by atoms with Crippen LogP contribution >= 0.6 is 0 Å². The highest BCUT2D eigenvalue weighted by Gasteiger charge is 2.34. The topological polar surface area (TPSA) is 87.7 Å². The minimum Gasteiger partial charge on any atom is -0.420 e. The van der Waals surface area contributed by atoms with E-state index in [0.717, 1.165) is 24.1 Å². The number of rotatable bonds is 3. The Morgan fingerprint density at radius 1 is 1.50 bits per heavy atom. The van der Waals surface area contributed by atoms with Crippen molar-refractivity contribution in [2.45, 2.75) is 25.7 Å². The quantitative estimate of drug-likeness (QED) is 0.912. The number of hydrogen-bond acceptors (Lipinski definition) is 4. The van der Waals surface area contributed by atoms with Crippen molar-refractivity contribution in [2.75, 3.05) is 0 Å². The van der Waals surface area contributed by atoms with E-state index < -0.39 is 5.92 Å². The molecule has 0 bridgehead atoms. The molecule has 0 aliphatic carbocycles. The van der Waals surface area contributed by atoms with Crippen LogP contribution in [0.1, 0.15) is 36.1 Å². The van der Waals surface area contributed by atoms with Crippen LogP contribution in [0.2, 0.25) is 0 Å². The number of nitrogens with zero attached hydrogens (tertiary/aromatic N) is 2. The Bertz CT molecular complexity index is 788. The van der Waals surface area contributed by atoms with Crippen LogP contribution in [0.4, 0.5) is 4.39 Å². The number of H-pyrrole nitrogens is 1. The third-order valence-corrected chi connectivity index (χ3v) is 3.70. The second-order valence-corrected chi connectivity index (χ2v) is 5.15. The van der Waals surface area contributed by atoms with Crippen LogP contribution < -0.4 is 10.5 Å². The first-order valence-corrected chi connectivity index (χ1v) is 7.05. The van der Waals surface area contributed by atoms with Crippen LogP contribution in [0, 0.1) is 17.1 Å². The van der Waals surface area contributed by atoms with E-state index in [0.29, 0.717) is 11.4 Å². The fourth-order valence-corrected chi connectivity index (χ4v) is 2.77. The Morgan fingerprint density at radius 3 is 3.00 bits per heavy atom. The summed E-state index contributed by atoms with van der Waals surface area (Å²) < 4.78 is 19.1. The van der Waals surface area contributed by atoms with Crippen LogP contribution in [0.5, 0.6) is 5.88 Å². The van der Waals surface area contributed by atoms with Crippen LogP contribution in [0.3, 0.4) is 0 Å². The zero-order valence-corrected chi connectivity index (χ0v) is 12.1. The molecule has 1 aromatic heterocycles. The van der Waals surface area contributed by atoms with Gasteiger partial charge in [-0.05, 0) is 24.1 Å². The smallest absolute Gasteiger partial charge is 0.244 e. The lowest BCUT2D eigenvalue weighted by atomic mass is 9.83. The lowest BCUT2D eigenvalue weighted by Gasteiger charge is -2.24. The van der Waals surface area contributed by atoms with E-state index in [1.807, 2.05) is 6.92 Å². The molecular weight excluding hydrogens is 283 g/mol. The molecule has 6 heteroatoms. The molecule has 112 valence electrons. The van der Waals surface area contributed by atoms with Crippen LogP contribution in [0.15, 0.2) is 35.7 Å². The largest absolute Gasteiger partial charge is 0.420 e. The number of aryl methyl sites for hydroxylation is 1. The molecular formula is C16H15FN4O. The molecule has 1 aliphatic heterocycles. The number of nitrogens with two attached hydrogens (primary N) is 1. The summed E-state index contributed by atoms with van der Waals surface area (Å²) in [5, 5.41) is 16.5. The molecule has 0 fully saturated rings. The monoisotopic (exact) mass is 298 g/mol. The molecule has 2 heterocycles. The summed E-state index contributed by atoms with van der Waals surface area (Å²) in [6.45, 7) is 2.05. The number of fused-ring (bicyclic) bond motifs is 1. The summed E-state index contributed by atoms with van der Waals surface area (Å²) in [5.41, 5.74) is 8.41. The third kappa shape index (κ3) is 2.21. The molecule has 3 N–H and O–H groups in total. The number of hydrogen-bond donors (Lipinski definition) is 2. The fourth-order valence-electron chi connectivity index (χ4n) is 2.77. The molecule has 0 saturated carbocycles. The summed E-state index contributed by atoms with van der Waals surface area (Å²) in [6, 6.07) is 8.25. The Morgan fingerprint density at radius 2 is 2.32 bits per heavy atom. The van der Waals surface area contributed by atoms with Crippen molar-refractivity contribution >= 4 is 0 Å². The molecule has 2 aromatic rings. The van der Waals surface area contributed by atoms with Gasteiger partial charge in [0.1, 0.15) is 17.5 Å². The highest BCUT2D eigenvalue weighted by molar-refractivity contribution is 5.55. The van der Waals surface area contributed by atoms with Crippen LogP contribution in [-0.4, -0.2) is 10.2 Å². The molecule has 0 saturated heterocycles. The summed E-state index contributed by atoms with van der Waals surface area (Å²) in [7, 11) is 0. The SMILES string of the molecule is CCCc1[nH]nc2c1[C@@H](c1cccc(F)c1)C(C#N)=C(N)O2. The summed E-state index contributed by atoms with van der Waals surface area (Å²) in [5.74, 6) is -0.459. The van der Waals surface area contributed by atoms with E-state index in [1.165, 1.54) is 12.1 Å². The molecule has 1 aromatic carbocycles. The first-order valence-electron chi connectivity index (χ1n) is 7.05. The molecule has 3 rings (SSSR count). The fraction of sp³-hybridized carbons (Fsp3) is 0.250. The molecule has 1 aliphatic rings. The van der Waals surface area contributed by atoms with Gasteiger partial charge in [0.25, 0.3) is 0 Å². The standard InChI is InChI=1S/C16H15FN4O/c1-2-4-12-14-13(9-5-3-6-10(17)7-9)11(8-18)15(19)22-16(14)21-20-12/h3,5-7,13H,2,4,19H2,1H3,(H,20,21)/t13-/m0/s1. The predicted octanol–water partition coefficient (Wildman–Crippen LogP) is 2.72. The van der Waals surface area contributed by atoms with Gasteiger partial charge in [-0.2, -0.15) is 5.26 Å². The summed E-state index contributed by atoms with van der Waals surface area (Å²) in [6.07, 6.45) is 1.67. The lowest BCUT2D eigenvalue weighted by Crippen LogP contribution is -2.21. The van der Waals surface area contributed by atoms with E-state index in [4.69, 9.17) is 10.5 Å². The minimum absolute atomic E-state index is 0.0128. The predicted molar refractivity (Wildman–Crippen MR) is 78.3 cm³/mol. The van der Waals surface area contributed by atoms with E-state index in [-0.39, 0.29) is 17.3 Å². The van der Waals surface area contributed by atoms with Crippen molar-refractivity contribution in [1.82, 2.24) is 10.2 Å². The van der Waals surface area contributed by atoms with Gasteiger partial charge in [-0.15, -0.1) is 5.10 Å². The average molecular weight is 298 g/mol. The number of nitriles is 1. The molecule has 0 radical (unpaired) electrons. The van der Waals surface area contributed by atoms with Gasteiger partial charge >= 0.3 is 0 Å². The minimum atomic E-state index is -0.468. The van der Waals surface area contributed by atoms with Gasteiger partial charge in [-0.3, -0.25) is 5.10 Å². The molecule has 0 spiro atoms. The van der Waals surface area contributed by atoms with Crippen LogP contribution in [0.25, 0.3) is 0 Å². The second-order valence-electron chi connectivity index (χ2n) is 5.15. The van der Waals surface area contributed by atoms with Crippen molar-refractivity contribution in [1.29, 1.82) is 5.26 Å². The van der Waals surface area contributed by atoms with E-state index in [1.54, 1.807) is 12.1 Å². The second kappa shape index (κ2) is 5.53. The molecule has 0 amide bonds. The van der Waals surface area contributed by atoms with Gasteiger partial charge in [0.15, 0.2) is 0 Å². The van der Waals surface area contributed by atoms with Crippen LogP contribution in [-0.2, 0) is 6.42 Å². The number of benzene rings is 1. The number of allylic oxidation sites excluding steroid dienone is 1. The highest BCUT2D eigenvalue weighted by Crippen LogP contribution is 2.43. The van der Waals surface area contributed by atoms with Crippen molar-refractivity contribution in [3.63, 3.8) is 0 Å². The van der Waals surface area contributed by atoms with Gasteiger partial charge in [0, 0.05) is 11.3 Å². The lowest BCUT2D eigenvalue weighted by molar-refractivity contribution is 0.378. The molecule has 22 heavy (non-hydrogen) atoms. The number of halogens is 1. The first-order chi connectivity index (χ1) is 10.7. The highest BCUT2D eigenvalue weighted by atomic mass is 19.1. The number of ether oxygens (including phenoxy) is 1. The van der Waals surface area contributed by atoms with Gasteiger partial charge in [-0.25, -0.2) is 4.39 Å². The Labute approximate surface area is 127 Å². The molecule has 0 unspecified atom stereocenters. The van der Waals surface area contributed by atoms with Gasteiger partial charge in [0.05, 0.1) is 5.92 Å². The van der Waals surface area contributed by atoms with Gasteiger partial charge in [-0.1, -0.05) is 25.5 Å². The maximum absolute atomic E-state index is 13.6. The normalized spacial score (nSPS) is 16.9. The number of aromatic nitrogens is 2. The van der Waals surface area contributed by atoms with Gasteiger partial charge < -0.3 is 10.5 Å². The Balaban J connectivity index is 2.21. The van der Waals surface area contributed by atoms with Gasteiger partial charge in [0.2, 0.25) is 11.8 Å². The molecule has 5 nitrogen and oxygen atoms in total. The summed E-state index contributed by atoms with van der Waals surface area (Å²) in [4.78, 5) is 0. The maximum Gasteiger partial charge on any atom is 0.244 e. The van der Waals surface area contributed by atoms with Crippen molar-refractivity contribution in [2.24, 2.45) is 5.73 Å². The average Bonchev–Trinajstić information content (AvgIpc) is 2.88. The van der Waals surface area contributed by atoms with E-state index in [9.17, 15) is 9.65 Å². The zero-order valence-electron chi connectivity index (χ0n) is 12.1.